The molecule has 0 radical (unpaired) electrons. The van der Waals surface area contributed by atoms with Gasteiger partial charge in [0.2, 0.25) is 0 Å². The maximum atomic E-state index is 9.28. The second-order valence-electron chi connectivity index (χ2n) is 6.76. The Bertz CT molecular complexity index is 637. The van der Waals surface area contributed by atoms with Crippen LogP contribution < -0.4 is 5.32 Å². The van der Waals surface area contributed by atoms with E-state index in [9.17, 15) is 5.11 Å². The fraction of sp³-hybridized carbons (Fsp3) is 0.500. The molecule has 0 bridgehead atoms. The third kappa shape index (κ3) is 5.06. The standard InChI is InChI=1S/C18H26ClN3O/c1-18(2,13-23)9-6-10-20-11-14-12-22(3)21-17(14)15-7-4-5-8-16(15)19/h4-5,7-8,12,20,23H,6,9-11,13H2,1-3H3. The number of halogens is 1. The van der Waals surface area contributed by atoms with Crippen molar-refractivity contribution in [1.29, 1.82) is 0 Å². The van der Waals surface area contributed by atoms with Crippen LogP contribution in [0.1, 0.15) is 32.3 Å². The smallest absolute Gasteiger partial charge is 0.0982 e. The van der Waals surface area contributed by atoms with Gasteiger partial charge in [-0.15, -0.1) is 0 Å². The molecule has 0 saturated carbocycles. The molecule has 0 aliphatic carbocycles. The van der Waals surface area contributed by atoms with Crippen LogP contribution in [0.25, 0.3) is 11.3 Å². The van der Waals surface area contributed by atoms with Gasteiger partial charge in [-0.2, -0.15) is 5.10 Å². The Morgan fingerprint density at radius 3 is 2.74 bits per heavy atom. The summed E-state index contributed by atoms with van der Waals surface area (Å²) < 4.78 is 1.82. The van der Waals surface area contributed by atoms with Gasteiger partial charge < -0.3 is 10.4 Å². The lowest BCUT2D eigenvalue weighted by Gasteiger charge is -2.21. The Hall–Kier alpha value is -1.36. The molecule has 0 atom stereocenters. The average Bonchev–Trinajstić information content (AvgIpc) is 2.88. The molecule has 5 heteroatoms. The molecule has 2 N–H and O–H groups in total. The fourth-order valence-corrected chi connectivity index (χ4v) is 2.77. The van der Waals surface area contributed by atoms with Gasteiger partial charge in [0, 0.05) is 37.5 Å². The topological polar surface area (TPSA) is 50.1 Å². The van der Waals surface area contributed by atoms with Crippen molar-refractivity contribution in [3.8, 4) is 11.3 Å². The summed E-state index contributed by atoms with van der Waals surface area (Å²) in [5, 5.41) is 18.0. The summed E-state index contributed by atoms with van der Waals surface area (Å²) in [6.45, 7) is 6.08. The van der Waals surface area contributed by atoms with Crippen LogP contribution in [0.3, 0.4) is 0 Å². The Labute approximate surface area is 143 Å². The monoisotopic (exact) mass is 335 g/mol. The molecule has 0 fully saturated rings. The predicted molar refractivity (Wildman–Crippen MR) is 95.5 cm³/mol. The summed E-state index contributed by atoms with van der Waals surface area (Å²) in [7, 11) is 1.92. The zero-order valence-corrected chi connectivity index (χ0v) is 14.9. The van der Waals surface area contributed by atoms with Crippen LogP contribution in [-0.2, 0) is 13.6 Å². The number of benzene rings is 1. The van der Waals surface area contributed by atoms with Crippen LogP contribution in [0.5, 0.6) is 0 Å². The Morgan fingerprint density at radius 1 is 1.30 bits per heavy atom. The van der Waals surface area contributed by atoms with Crippen LogP contribution in [-0.4, -0.2) is 28.0 Å². The van der Waals surface area contributed by atoms with Gasteiger partial charge in [0.15, 0.2) is 0 Å². The van der Waals surface area contributed by atoms with Crippen LogP contribution in [0.4, 0.5) is 0 Å². The Balaban J connectivity index is 1.95. The van der Waals surface area contributed by atoms with Gasteiger partial charge in [-0.05, 0) is 30.9 Å². The molecule has 1 aromatic carbocycles. The summed E-state index contributed by atoms with van der Waals surface area (Å²) in [4.78, 5) is 0. The molecule has 0 saturated heterocycles. The number of aliphatic hydroxyl groups is 1. The summed E-state index contributed by atoms with van der Waals surface area (Å²) in [6.07, 6.45) is 4.07. The third-order valence-electron chi connectivity index (χ3n) is 3.98. The molecule has 0 amide bonds. The first-order chi connectivity index (χ1) is 10.9. The summed E-state index contributed by atoms with van der Waals surface area (Å²) >= 11 is 6.30. The lowest BCUT2D eigenvalue weighted by Crippen LogP contribution is -2.21. The molecule has 0 spiro atoms. The van der Waals surface area contributed by atoms with E-state index in [-0.39, 0.29) is 12.0 Å². The first-order valence-corrected chi connectivity index (χ1v) is 8.40. The van der Waals surface area contributed by atoms with Crippen molar-refractivity contribution < 1.29 is 5.11 Å². The summed E-state index contributed by atoms with van der Waals surface area (Å²) in [5.74, 6) is 0. The number of aryl methyl sites for hydroxylation is 1. The van der Waals surface area contributed by atoms with Crippen molar-refractivity contribution in [1.82, 2.24) is 15.1 Å². The first-order valence-electron chi connectivity index (χ1n) is 8.02. The van der Waals surface area contributed by atoms with Crippen molar-refractivity contribution in [2.75, 3.05) is 13.2 Å². The highest BCUT2D eigenvalue weighted by Gasteiger charge is 2.16. The van der Waals surface area contributed by atoms with Crippen molar-refractivity contribution in [3.63, 3.8) is 0 Å². The SMILES string of the molecule is Cn1cc(CNCCCC(C)(C)CO)c(-c2ccccc2Cl)n1. The first kappa shape index (κ1) is 18.0. The number of nitrogens with one attached hydrogen (secondary N) is 1. The molecule has 1 heterocycles. The normalized spacial score (nSPS) is 11.9. The quantitative estimate of drug-likeness (QED) is 0.724. The van der Waals surface area contributed by atoms with Crippen molar-refractivity contribution >= 4 is 11.6 Å². The minimum Gasteiger partial charge on any atom is -0.396 e. The maximum absolute atomic E-state index is 9.28. The van der Waals surface area contributed by atoms with Gasteiger partial charge >= 0.3 is 0 Å². The Morgan fingerprint density at radius 2 is 2.04 bits per heavy atom. The van der Waals surface area contributed by atoms with Crippen LogP contribution in [0.2, 0.25) is 5.02 Å². The van der Waals surface area contributed by atoms with Crippen LogP contribution >= 0.6 is 11.6 Å². The number of hydrogen-bond donors (Lipinski definition) is 2. The van der Waals surface area contributed by atoms with E-state index in [1.807, 2.05) is 42.2 Å². The number of aromatic nitrogens is 2. The fourth-order valence-electron chi connectivity index (χ4n) is 2.54. The third-order valence-corrected chi connectivity index (χ3v) is 4.31. The second-order valence-corrected chi connectivity index (χ2v) is 7.17. The number of aliphatic hydroxyl groups excluding tert-OH is 1. The molecule has 23 heavy (non-hydrogen) atoms. The lowest BCUT2D eigenvalue weighted by molar-refractivity contribution is 0.148. The zero-order chi connectivity index (χ0) is 16.9. The van der Waals surface area contributed by atoms with Crippen LogP contribution in [0.15, 0.2) is 30.5 Å². The van der Waals surface area contributed by atoms with Gasteiger partial charge in [-0.1, -0.05) is 43.6 Å². The molecule has 2 rings (SSSR count). The highest BCUT2D eigenvalue weighted by molar-refractivity contribution is 6.33. The van der Waals surface area contributed by atoms with E-state index in [1.54, 1.807) is 0 Å². The minimum absolute atomic E-state index is 0.00128. The van der Waals surface area contributed by atoms with E-state index >= 15 is 0 Å². The number of hydrogen-bond acceptors (Lipinski definition) is 3. The predicted octanol–water partition coefficient (Wildman–Crippen LogP) is 3.63. The van der Waals surface area contributed by atoms with Gasteiger partial charge in [-0.3, -0.25) is 4.68 Å². The van der Waals surface area contributed by atoms with Gasteiger partial charge in [0.25, 0.3) is 0 Å². The minimum atomic E-state index is -0.00128. The van der Waals surface area contributed by atoms with Crippen molar-refractivity contribution in [2.45, 2.75) is 33.2 Å². The lowest BCUT2D eigenvalue weighted by atomic mass is 9.89. The molecule has 126 valence electrons. The van der Waals surface area contributed by atoms with Crippen molar-refractivity contribution in [2.24, 2.45) is 12.5 Å². The Kier molecular flexibility index (Phi) is 6.22. The van der Waals surface area contributed by atoms with Gasteiger partial charge in [0.1, 0.15) is 0 Å². The van der Waals surface area contributed by atoms with Crippen molar-refractivity contribution in [3.05, 3.63) is 41.0 Å². The molecule has 0 unspecified atom stereocenters. The molecular formula is C18H26ClN3O. The maximum Gasteiger partial charge on any atom is 0.0982 e. The van der Waals surface area contributed by atoms with E-state index < -0.39 is 0 Å². The zero-order valence-electron chi connectivity index (χ0n) is 14.1. The van der Waals surface area contributed by atoms with Gasteiger partial charge in [-0.25, -0.2) is 0 Å². The largest absolute Gasteiger partial charge is 0.396 e. The molecule has 2 aromatic rings. The summed E-state index contributed by atoms with van der Waals surface area (Å²) in [5.41, 5.74) is 3.04. The molecular weight excluding hydrogens is 310 g/mol. The number of rotatable bonds is 8. The number of nitrogens with zero attached hydrogens (tertiary/aromatic N) is 2. The molecule has 1 aromatic heterocycles. The van der Waals surface area contributed by atoms with E-state index in [4.69, 9.17) is 11.6 Å². The molecule has 0 aliphatic heterocycles. The summed E-state index contributed by atoms with van der Waals surface area (Å²) in [6, 6.07) is 7.79. The van der Waals surface area contributed by atoms with Gasteiger partial charge in [0.05, 0.1) is 10.7 Å². The molecule has 0 aliphatic rings. The van der Waals surface area contributed by atoms with E-state index in [0.29, 0.717) is 0 Å². The highest BCUT2D eigenvalue weighted by atomic mass is 35.5. The van der Waals surface area contributed by atoms with E-state index in [2.05, 4.69) is 24.3 Å². The van der Waals surface area contributed by atoms with E-state index in [0.717, 1.165) is 47.8 Å². The van der Waals surface area contributed by atoms with E-state index in [1.165, 1.54) is 0 Å². The highest BCUT2D eigenvalue weighted by Crippen LogP contribution is 2.29. The van der Waals surface area contributed by atoms with Crippen LogP contribution in [0, 0.1) is 5.41 Å². The average molecular weight is 336 g/mol. The molecule has 4 nitrogen and oxygen atoms in total. The second kappa shape index (κ2) is 7.95.